The summed E-state index contributed by atoms with van der Waals surface area (Å²) in [6.45, 7) is 5.88. The molecule has 1 fully saturated rings. The van der Waals surface area contributed by atoms with Gasteiger partial charge in [0, 0.05) is 37.2 Å². The van der Waals surface area contributed by atoms with Gasteiger partial charge in [0.05, 0.1) is 0 Å². The van der Waals surface area contributed by atoms with Crippen LogP contribution in [0.4, 0.5) is 9.18 Å². The maximum Gasteiger partial charge on any atom is 0.496 e. The molecule has 2 aliphatic heterocycles. The van der Waals surface area contributed by atoms with Crippen molar-refractivity contribution in [3.8, 4) is 0 Å². The van der Waals surface area contributed by atoms with Crippen molar-refractivity contribution in [3.05, 3.63) is 35.7 Å². The largest absolute Gasteiger partial charge is 0.496 e. The van der Waals surface area contributed by atoms with Crippen molar-refractivity contribution in [1.82, 2.24) is 4.90 Å². The number of benzene rings is 1. The van der Waals surface area contributed by atoms with Gasteiger partial charge in [-0.1, -0.05) is 32.1 Å². The first kappa shape index (κ1) is 17.0. The molecule has 7 heteroatoms. The molecule has 1 amide bonds. The normalized spacial score (nSPS) is 20.7. The van der Waals surface area contributed by atoms with Crippen molar-refractivity contribution in [1.29, 1.82) is 0 Å². The van der Waals surface area contributed by atoms with E-state index < -0.39 is 13.2 Å². The standard InChI is InChI=1S/C17H21BFNO4/c1-17(2)10-23-18(24-11-17)14-4-3-13(9-15(14)19)12-5-7-20(8-6-12)16(21)22/h3-5,9H,6-8,10-11H2,1-2H3,(H,21,22). The topological polar surface area (TPSA) is 59.0 Å². The third-order valence-corrected chi connectivity index (χ3v) is 4.36. The van der Waals surface area contributed by atoms with Gasteiger partial charge in [-0.05, 0) is 23.6 Å². The summed E-state index contributed by atoms with van der Waals surface area (Å²) in [4.78, 5) is 12.3. The van der Waals surface area contributed by atoms with Crippen molar-refractivity contribution in [2.75, 3.05) is 26.3 Å². The molecule has 2 aliphatic rings. The van der Waals surface area contributed by atoms with Gasteiger partial charge >= 0.3 is 13.2 Å². The fraction of sp³-hybridized carbons (Fsp3) is 0.471. The van der Waals surface area contributed by atoms with E-state index in [-0.39, 0.29) is 11.2 Å². The van der Waals surface area contributed by atoms with E-state index in [1.54, 1.807) is 6.07 Å². The number of rotatable bonds is 2. The average molecular weight is 333 g/mol. The lowest BCUT2D eigenvalue weighted by molar-refractivity contribution is 0.0340. The van der Waals surface area contributed by atoms with Crippen molar-refractivity contribution >= 4 is 24.2 Å². The van der Waals surface area contributed by atoms with Crippen LogP contribution in [0.3, 0.4) is 0 Å². The molecule has 1 aromatic carbocycles. The molecule has 1 N–H and O–H groups in total. The van der Waals surface area contributed by atoms with E-state index in [4.69, 9.17) is 14.4 Å². The zero-order valence-corrected chi connectivity index (χ0v) is 13.9. The Morgan fingerprint density at radius 2 is 2.04 bits per heavy atom. The SMILES string of the molecule is CC1(C)COB(c2ccc(C3=CCN(C(=O)O)CC3)cc2F)OC1. The highest BCUT2D eigenvalue weighted by Crippen LogP contribution is 2.24. The van der Waals surface area contributed by atoms with Gasteiger partial charge in [-0.3, -0.25) is 0 Å². The number of carboxylic acid groups (broad SMARTS) is 1. The highest BCUT2D eigenvalue weighted by Gasteiger charge is 2.35. The van der Waals surface area contributed by atoms with E-state index in [9.17, 15) is 9.18 Å². The molecule has 5 nitrogen and oxygen atoms in total. The lowest BCUT2D eigenvalue weighted by Gasteiger charge is -2.33. The molecule has 0 unspecified atom stereocenters. The van der Waals surface area contributed by atoms with Gasteiger partial charge in [0.15, 0.2) is 0 Å². The van der Waals surface area contributed by atoms with Crippen LogP contribution in [0, 0.1) is 11.2 Å². The predicted octanol–water partition coefficient (Wildman–Crippen LogP) is 2.36. The number of hydrogen-bond acceptors (Lipinski definition) is 3. The van der Waals surface area contributed by atoms with Crippen molar-refractivity contribution in [2.24, 2.45) is 5.41 Å². The molecule has 128 valence electrons. The number of nitrogens with zero attached hydrogens (tertiary/aromatic N) is 1. The second-order valence-electron chi connectivity index (χ2n) is 7.06. The molecule has 0 bridgehead atoms. The number of carbonyl (C=O) groups is 1. The van der Waals surface area contributed by atoms with E-state index >= 15 is 0 Å². The fourth-order valence-electron chi connectivity index (χ4n) is 2.89. The maximum absolute atomic E-state index is 14.5. The average Bonchev–Trinajstić information content (AvgIpc) is 2.55. The molecular weight excluding hydrogens is 312 g/mol. The Balaban J connectivity index is 1.73. The Morgan fingerprint density at radius 1 is 1.33 bits per heavy atom. The predicted molar refractivity (Wildman–Crippen MR) is 89.7 cm³/mol. The summed E-state index contributed by atoms with van der Waals surface area (Å²) in [5.41, 5.74) is 2.08. The fourth-order valence-corrected chi connectivity index (χ4v) is 2.89. The zero-order valence-electron chi connectivity index (χ0n) is 13.9. The van der Waals surface area contributed by atoms with E-state index in [0.29, 0.717) is 38.2 Å². The van der Waals surface area contributed by atoms with Gasteiger partial charge in [0.2, 0.25) is 0 Å². The Hall–Kier alpha value is -1.86. The summed E-state index contributed by atoms with van der Waals surface area (Å²) < 4.78 is 25.8. The van der Waals surface area contributed by atoms with Crippen LogP contribution in [0.25, 0.3) is 5.57 Å². The number of halogens is 1. The van der Waals surface area contributed by atoms with E-state index in [0.717, 1.165) is 11.1 Å². The molecule has 0 radical (unpaired) electrons. The van der Waals surface area contributed by atoms with Gasteiger partial charge in [0.25, 0.3) is 0 Å². The second-order valence-corrected chi connectivity index (χ2v) is 7.06. The quantitative estimate of drug-likeness (QED) is 0.844. The summed E-state index contributed by atoms with van der Waals surface area (Å²) in [7, 11) is -0.671. The lowest BCUT2D eigenvalue weighted by Crippen LogP contribution is -2.48. The lowest BCUT2D eigenvalue weighted by atomic mass is 9.75. The van der Waals surface area contributed by atoms with Crippen molar-refractivity contribution in [3.63, 3.8) is 0 Å². The van der Waals surface area contributed by atoms with Gasteiger partial charge in [-0.2, -0.15) is 0 Å². The maximum atomic E-state index is 14.5. The van der Waals surface area contributed by atoms with Gasteiger partial charge in [-0.15, -0.1) is 0 Å². The molecular formula is C17H21BFNO4. The van der Waals surface area contributed by atoms with Gasteiger partial charge in [0.1, 0.15) is 5.82 Å². The number of hydrogen-bond donors (Lipinski definition) is 1. The zero-order chi connectivity index (χ0) is 17.3. The van der Waals surface area contributed by atoms with Crippen LogP contribution < -0.4 is 5.46 Å². The molecule has 0 aromatic heterocycles. The highest BCUT2D eigenvalue weighted by molar-refractivity contribution is 6.61. The first-order valence-corrected chi connectivity index (χ1v) is 8.06. The highest BCUT2D eigenvalue weighted by atomic mass is 19.1. The van der Waals surface area contributed by atoms with Crippen LogP contribution in [0.1, 0.15) is 25.8 Å². The van der Waals surface area contributed by atoms with E-state index in [2.05, 4.69) is 0 Å². The van der Waals surface area contributed by atoms with Crippen LogP contribution in [0.15, 0.2) is 24.3 Å². The van der Waals surface area contributed by atoms with Crippen LogP contribution in [-0.2, 0) is 9.31 Å². The molecule has 3 rings (SSSR count). The third-order valence-electron chi connectivity index (χ3n) is 4.36. The summed E-state index contributed by atoms with van der Waals surface area (Å²) in [5, 5.41) is 8.97. The smallest absolute Gasteiger partial charge is 0.465 e. The molecule has 1 aromatic rings. The van der Waals surface area contributed by atoms with Crippen molar-refractivity contribution < 1.29 is 23.6 Å². The molecule has 2 heterocycles. The first-order chi connectivity index (χ1) is 11.4. The minimum Gasteiger partial charge on any atom is -0.465 e. The molecule has 24 heavy (non-hydrogen) atoms. The molecule has 0 spiro atoms. The van der Waals surface area contributed by atoms with Crippen LogP contribution in [0.2, 0.25) is 0 Å². The molecule has 1 saturated heterocycles. The molecule has 0 atom stereocenters. The Labute approximate surface area is 141 Å². The summed E-state index contributed by atoms with van der Waals surface area (Å²) >= 11 is 0. The van der Waals surface area contributed by atoms with E-state index in [1.807, 2.05) is 26.0 Å². The summed E-state index contributed by atoms with van der Waals surface area (Å²) in [6.07, 6.45) is 1.49. The van der Waals surface area contributed by atoms with Gasteiger partial charge in [-0.25, -0.2) is 9.18 Å². The first-order valence-electron chi connectivity index (χ1n) is 8.06. The Kier molecular flexibility index (Phi) is 4.65. The molecule has 0 saturated carbocycles. The monoisotopic (exact) mass is 333 g/mol. The van der Waals surface area contributed by atoms with Crippen LogP contribution in [-0.4, -0.2) is 49.5 Å². The second kappa shape index (κ2) is 6.57. The van der Waals surface area contributed by atoms with E-state index in [1.165, 1.54) is 11.0 Å². The minimum absolute atomic E-state index is 0.0597. The minimum atomic E-state index is -0.929. The molecule has 0 aliphatic carbocycles. The number of amides is 1. The van der Waals surface area contributed by atoms with Crippen LogP contribution in [0.5, 0.6) is 0 Å². The Bertz CT molecular complexity index is 667. The van der Waals surface area contributed by atoms with Gasteiger partial charge < -0.3 is 19.3 Å². The Morgan fingerprint density at radius 3 is 2.58 bits per heavy atom. The summed E-state index contributed by atoms with van der Waals surface area (Å²) in [5.74, 6) is -0.362. The summed E-state index contributed by atoms with van der Waals surface area (Å²) in [6, 6.07) is 5.01. The third kappa shape index (κ3) is 3.62. The van der Waals surface area contributed by atoms with Crippen molar-refractivity contribution in [2.45, 2.75) is 20.3 Å². The van der Waals surface area contributed by atoms with Crippen LogP contribution >= 0.6 is 0 Å².